The molecule has 0 aliphatic heterocycles. The van der Waals surface area contributed by atoms with Gasteiger partial charge in [0.1, 0.15) is 6.54 Å². The van der Waals surface area contributed by atoms with E-state index in [9.17, 15) is 18.0 Å². The van der Waals surface area contributed by atoms with E-state index in [2.05, 4.69) is 10.5 Å². The molecule has 26 heavy (non-hydrogen) atoms. The number of nitrogens with zero attached hydrogens (tertiary/aromatic N) is 2. The Labute approximate surface area is 150 Å². The predicted molar refractivity (Wildman–Crippen MR) is 97.8 cm³/mol. The Morgan fingerprint density at radius 3 is 2.27 bits per heavy atom. The molecule has 136 valence electrons. The minimum absolute atomic E-state index is 0.137. The van der Waals surface area contributed by atoms with Gasteiger partial charge in [-0.15, -0.1) is 0 Å². The summed E-state index contributed by atoms with van der Waals surface area (Å²) < 4.78 is 24.8. The molecule has 0 saturated heterocycles. The van der Waals surface area contributed by atoms with Crippen molar-refractivity contribution < 1.29 is 23.1 Å². The summed E-state index contributed by atoms with van der Waals surface area (Å²) in [5.41, 5.74) is 3.34. The third-order valence-corrected chi connectivity index (χ3v) is 4.43. The number of hydrogen-bond acceptors (Lipinski definition) is 5. The molecule has 2 aromatic rings. The van der Waals surface area contributed by atoms with Crippen LogP contribution >= 0.6 is 0 Å². The summed E-state index contributed by atoms with van der Waals surface area (Å²) in [5.74, 6) is -1.65. The van der Waals surface area contributed by atoms with Crippen LogP contribution in [0, 0.1) is 0 Å². The summed E-state index contributed by atoms with van der Waals surface area (Å²) >= 11 is 0. The van der Waals surface area contributed by atoms with Crippen LogP contribution in [0.5, 0.6) is 0 Å². The van der Waals surface area contributed by atoms with Crippen molar-refractivity contribution >= 4 is 33.8 Å². The van der Waals surface area contributed by atoms with Gasteiger partial charge in [-0.25, -0.2) is 18.6 Å². The molecule has 0 aliphatic carbocycles. The van der Waals surface area contributed by atoms with Gasteiger partial charge >= 0.3 is 5.97 Å². The first-order valence-electron chi connectivity index (χ1n) is 7.45. The standard InChI is InChI=1S/C17H17N3O5S/c1-26(24,25)20(15-5-3-2-4-6-15)12-16(21)19-18-11-13-7-9-14(10-8-13)17(22)23/h2-11H,12H2,1H3,(H,19,21)(H,22,23)/b18-11-. The second kappa shape index (κ2) is 8.26. The summed E-state index contributed by atoms with van der Waals surface area (Å²) in [4.78, 5) is 22.8. The molecular weight excluding hydrogens is 358 g/mol. The van der Waals surface area contributed by atoms with Crippen LogP contribution in [0.25, 0.3) is 0 Å². The fraction of sp³-hybridized carbons (Fsp3) is 0.118. The predicted octanol–water partition coefficient (Wildman–Crippen LogP) is 1.30. The molecule has 2 N–H and O–H groups in total. The first-order valence-corrected chi connectivity index (χ1v) is 9.30. The molecular formula is C17H17N3O5S. The zero-order chi connectivity index (χ0) is 19.2. The van der Waals surface area contributed by atoms with Crippen LogP contribution in [0.1, 0.15) is 15.9 Å². The average Bonchev–Trinajstić information content (AvgIpc) is 2.60. The smallest absolute Gasteiger partial charge is 0.335 e. The van der Waals surface area contributed by atoms with Gasteiger partial charge in [-0.3, -0.25) is 9.10 Å². The summed E-state index contributed by atoms with van der Waals surface area (Å²) in [6, 6.07) is 14.1. The second-order valence-corrected chi connectivity index (χ2v) is 7.23. The lowest BCUT2D eigenvalue weighted by Gasteiger charge is -2.21. The second-order valence-electron chi connectivity index (χ2n) is 5.33. The largest absolute Gasteiger partial charge is 0.478 e. The number of benzene rings is 2. The first kappa shape index (κ1) is 19.1. The number of aromatic carboxylic acids is 1. The Hall–Kier alpha value is -3.20. The van der Waals surface area contributed by atoms with Gasteiger partial charge in [0.15, 0.2) is 0 Å². The fourth-order valence-electron chi connectivity index (χ4n) is 2.05. The van der Waals surface area contributed by atoms with Gasteiger partial charge in [0.2, 0.25) is 10.0 Å². The van der Waals surface area contributed by atoms with Gasteiger partial charge in [-0.2, -0.15) is 5.10 Å². The van der Waals surface area contributed by atoms with Gasteiger partial charge < -0.3 is 5.11 Å². The number of carboxylic acid groups (broad SMARTS) is 1. The summed E-state index contributed by atoms with van der Waals surface area (Å²) in [6.45, 7) is -0.419. The first-order chi connectivity index (χ1) is 12.3. The van der Waals surface area contributed by atoms with Gasteiger partial charge in [0, 0.05) is 0 Å². The summed E-state index contributed by atoms with van der Waals surface area (Å²) in [7, 11) is -3.64. The fourth-order valence-corrected chi connectivity index (χ4v) is 2.91. The number of amides is 1. The molecule has 0 bridgehead atoms. The van der Waals surface area contributed by atoms with Gasteiger partial charge in [0.25, 0.3) is 5.91 Å². The number of carbonyl (C=O) groups is 2. The third kappa shape index (κ3) is 5.42. The lowest BCUT2D eigenvalue weighted by molar-refractivity contribution is -0.119. The molecule has 0 heterocycles. The quantitative estimate of drug-likeness (QED) is 0.559. The molecule has 0 spiro atoms. The Morgan fingerprint density at radius 1 is 1.12 bits per heavy atom. The van der Waals surface area contributed by atoms with Crippen molar-refractivity contribution in [1.29, 1.82) is 0 Å². The monoisotopic (exact) mass is 375 g/mol. The minimum Gasteiger partial charge on any atom is -0.478 e. The van der Waals surface area contributed by atoms with Crippen molar-refractivity contribution in [3.8, 4) is 0 Å². The van der Waals surface area contributed by atoms with Crippen LogP contribution in [0.2, 0.25) is 0 Å². The molecule has 9 heteroatoms. The van der Waals surface area contributed by atoms with E-state index >= 15 is 0 Å². The maximum Gasteiger partial charge on any atom is 0.335 e. The van der Waals surface area contributed by atoms with Crippen molar-refractivity contribution in [2.24, 2.45) is 5.10 Å². The van der Waals surface area contributed by atoms with E-state index < -0.39 is 28.4 Å². The zero-order valence-electron chi connectivity index (χ0n) is 13.9. The van der Waals surface area contributed by atoms with Crippen molar-refractivity contribution in [2.45, 2.75) is 0 Å². The lowest BCUT2D eigenvalue weighted by atomic mass is 10.1. The maximum atomic E-state index is 12.0. The van der Waals surface area contributed by atoms with E-state index in [0.29, 0.717) is 11.3 Å². The molecule has 0 radical (unpaired) electrons. The number of anilines is 1. The number of carboxylic acids is 1. The van der Waals surface area contributed by atoms with Crippen LogP contribution in [0.4, 0.5) is 5.69 Å². The van der Waals surface area contributed by atoms with Gasteiger partial charge in [-0.1, -0.05) is 30.3 Å². The number of hydrazone groups is 1. The van der Waals surface area contributed by atoms with E-state index in [-0.39, 0.29) is 5.56 Å². The molecule has 2 rings (SSSR count). The van der Waals surface area contributed by atoms with Crippen LogP contribution in [0.3, 0.4) is 0 Å². The van der Waals surface area contributed by atoms with E-state index in [1.807, 2.05) is 0 Å². The number of para-hydroxylation sites is 1. The Bertz CT molecular complexity index is 909. The number of sulfonamides is 1. The normalized spacial score (nSPS) is 11.3. The van der Waals surface area contributed by atoms with E-state index in [0.717, 1.165) is 10.6 Å². The van der Waals surface area contributed by atoms with Crippen molar-refractivity contribution in [3.63, 3.8) is 0 Å². The maximum absolute atomic E-state index is 12.0. The van der Waals surface area contributed by atoms with Crippen LogP contribution in [-0.4, -0.2) is 44.4 Å². The molecule has 0 aliphatic rings. The highest BCUT2D eigenvalue weighted by atomic mass is 32.2. The molecule has 0 aromatic heterocycles. The molecule has 0 saturated carbocycles. The van der Waals surface area contributed by atoms with Crippen LogP contribution < -0.4 is 9.73 Å². The topological polar surface area (TPSA) is 116 Å². The number of rotatable bonds is 7. The number of nitrogens with one attached hydrogen (secondary N) is 1. The lowest BCUT2D eigenvalue weighted by Crippen LogP contribution is -2.38. The Morgan fingerprint density at radius 2 is 1.73 bits per heavy atom. The van der Waals surface area contributed by atoms with E-state index in [1.54, 1.807) is 30.3 Å². The summed E-state index contributed by atoms with van der Waals surface area (Å²) in [6.07, 6.45) is 2.34. The Balaban J connectivity index is 2.01. The van der Waals surface area contributed by atoms with Gasteiger partial charge in [0.05, 0.1) is 23.7 Å². The van der Waals surface area contributed by atoms with E-state index in [4.69, 9.17) is 5.11 Å². The molecule has 1 amide bonds. The highest BCUT2D eigenvalue weighted by Crippen LogP contribution is 2.16. The van der Waals surface area contributed by atoms with Crippen molar-refractivity contribution in [1.82, 2.24) is 5.43 Å². The molecule has 0 fully saturated rings. The molecule has 0 unspecified atom stereocenters. The van der Waals surface area contributed by atoms with E-state index in [1.165, 1.54) is 30.5 Å². The van der Waals surface area contributed by atoms with Crippen molar-refractivity contribution in [2.75, 3.05) is 17.1 Å². The zero-order valence-corrected chi connectivity index (χ0v) is 14.7. The Kier molecular flexibility index (Phi) is 6.07. The van der Waals surface area contributed by atoms with Gasteiger partial charge in [-0.05, 0) is 29.8 Å². The molecule has 2 aromatic carbocycles. The third-order valence-electron chi connectivity index (χ3n) is 3.29. The summed E-state index contributed by atoms with van der Waals surface area (Å²) in [5, 5.41) is 12.6. The van der Waals surface area contributed by atoms with Crippen LogP contribution in [-0.2, 0) is 14.8 Å². The molecule has 0 atom stereocenters. The highest BCUT2D eigenvalue weighted by molar-refractivity contribution is 7.92. The molecule has 8 nitrogen and oxygen atoms in total. The van der Waals surface area contributed by atoms with Crippen LogP contribution in [0.15, 0.2) is 59.7 Å². The van der Waals surface area contributed by atoms with Crippen molar-refractivity contribution in [3.05, 3.63) is 65.7 Å². The SMILES string of the molecule is CS(=O)(=O)N(CC(=O)N/N=C\c1ccc(C(=O)O)cc1)c1ccccc1. The highest BCUT2D eigenvalue weighted by Gasteiger charge is 2.20. The average molecular weight is 375 g/mol. The number of carbonyl (C=O) groups excluding carboxylic acids is 1. The minimum atomic E-state index is -3.64. The number of hydrogen-bond donors (Lipinski definition) is 2.